The Kier molecular flexibility index (Phi) is 2.74. The molecular formula is C13H15N5S. The molecule has 0 atom stereocenters. The third kappa shape index (κ3) is 1.79. The van der Waals surface area contributed by atoms with E-state index in [9.17, 15) is 0 Å². The molecule has 0 fully saturated rings. The van der Waals surface area contributed by atoms with Gasteiger partial charge < -0.3 is 5.32 Å². The van der Waals surface area contributed by atoms with Crippen LogP contribution in [0, 0.1) is 20.8 Å². The van der Waals surface area contributed by atoms with Crippen LogP contribution in [0.3, 0.4) is 0 Å². The Hall–Kier alpha value is -1.95. The maximum atomic E-state index is 4.59. The highest BCUT2D eigenvalue weighted by molar-refractivity contribution is 7.16. The van der Waals surface area contributed by atoms with E-state index in [0.717, 1.165) is 27.4 Å². The first kappa shape index (κ1) is 12.1. The van der Waals surface area contributed by atoms with Gasteiger partial charge in [-0.15, -0.1) is 11.3 Å². The van der Waals surface area contributed by atoms with Gasteiger partial charge in [0.05, 0.1) is 11.1 Å². The van der Waals surface area contributed by atoms with Gasteiger partial charge in [0, 0.05) is 12.7 Å². The summed E-state index contributed by atoms with van der Waals surface area (Å²) in [5.74, 6) is 1.46. The van der Waals surface area contributed by atoms with E-state index in [1.807, 2.05) is 30.1 Å². The number of rotatable bonds is 2. The van der Waals surface area contributed by atoms with Gasteiger partial charge in [-0.05, 0) is 37.8 Å². The van der Waals surface area contributed by atoms with E-state index in [1.165, 1.54) is 5.56 Å². The van der Waals surface area contributed by atoms with Crippen LogP contribution in [-0.4, -0.2) is 26.8 Å². The summed E-state index contributed by atoms with van der Waals surface area (Å²) in [5.41, 5.74) is 3.35. The van der Waals surface area contributed by atoms with Crippen molar-refractivity contribution in [2.45, 2.75) is 20.8 Å². The molecule has 19 heavy (non-hydrogen) atoms. The van der Waals surface area contributed by atoms with E-state index in [4.69, 9.17) is 0 Å². The third-order valence-corrected chi connectivity index (χ3v) is 4.19. The Morgan fingerprint density at radius 1 is 1.21 bits per heavy atom. The van der Waals surface area contributed by atoms with Crippen LogP contribution < -0.4 is 5.32 Å². The van der Waals surface area contributed by atoms with Gasteiger partial charge in [-0.1, -0.05) is 0 Å². The second kappa shape index (κ2) is 4.31. The molecule has 3 rings (SSSR count). The molecule has 3 aromatic rings. The van der Waals surface area contributed by atoms with Crippen LogP contribution in [-0.2, 0) is 0 Å². The lowest BCUT2D eigenvalue weighted by molar-refractivity contribution is 0.811. The Bertz CT molecular complexity index is 756. The molecule has 0 bridgehead atoms. The number of thiophene rings is 1. The van der Waals surface area contributed by atoms with Gasteiger partial charge in [-0.3, -0.25) is 0 Å². The fourth-order valence-electron chi connectivity index (χ4n) is 2.04. The molecule has 0 saturated carbocycles. The van der Waals surface area contributed by atoms with Gasteiger partial charge in [-0.2, -0.15) is 10.1 Å². The Balaban J connectivity index is 2.34. The van der Waals surface area contributed by atoms with E-state index in [2.05, 4.69) is 34.2 Å². The number of anilines is 1. The van der Waals surface area contributed by atoms with Crippen molar-refractivity contribution in [3.63, 3.8) is 0 Å². The van der Waals surface area contributed by atoms with Crippen molar-refractivity contribution in [1.29, 1.82) is 0 Å². The van der Waals surface area contributed by atoms with Crippen LogP contribution >= 0.6 is 11.3 Å². The molecule has 3 heterocycles. The van der Waals surface area contributed by atoms with Crippen LogP contribution in [0.2, 0.25) is 0 Å². The molecule has 0 aromatic carbocycles. The van der Waals surface area contributed by atoms with Crippen LogP contribution in [0.25, 0.3) is 16.0 Å². The first-order valence-electron chi connectivity index (χ1n) is 6.08. The number of hydrogen-bond donors (Lipinski definition) is 1. The first-order valence-corrected chi connectivity index (χ1v) is 6.96. The summed E-state index contributed by atoms with van der Waals surface area (Å²) in [4.78, 5) is 9.99. The fourth-order valence-corrected chi connectivity index (χ4v) is 2.80. The van der Waals surface area contributed by atoms with Crippen molar-refractivity contribution in [3.05, 3.63) is 28.4 Å². The second-order valence-electron chi connectivity index (χ2n) is 4.47. The average Bonchev–Trinajstić information content (AvgIpc) is 2.98. The predicted molar refractivity (Wildman–Crippen MR) is 78.3 cm³/mol. The van der Waals surface area contributed by atoms with Crippen molar-refractivity contribution < 1.29 is 0 Å². The molecule has 0 radical (unpaired) electrons. The molecule has 3 aromatic heterocycles. The average molecular weight is 273 g/mol. The van der Waals surface area contributed by atoms with E-state index < -0.39 is 0 Å². The van der Waals surface area contributed by atoms with E-state index >= 15 is 0 Å². The summed E-state index contributed by atoms with van der Waals surface area (Å²) in [6.07, 6.45) is 0. The minimum absolute atomic E-state index is 0.621. The standard InChI is InChI=1S/C13H15N5S/c1-7-8(2)17-18(9(7)3)11-10-5-6-19-12(10)16-13(14-4)15-11/h5-6H,1-4H3,(H,14,15,16). The largest absolute Gasteiger partial charge is 0.357 e. The molecule has 0 aliphatic rings. The van der Waals surface area contributed by atoms with Crippen LogP contribution in [0.5, 0.6) is 0 Å². The molecule has 0 saturated heterocycles. The van der Waals surface area contributed by atoms with Crippen LogP contribution in [0.1, 0.15) is 17.0 Å². The summed E-state index contributed by atoms with van der Waals surface area (Å²) in [7, 11) is 1.82. The van der Waals surface area contributed by atoms with Crippen LogP contribution in [0.4, 0.5) is 5.95 Å². The van der Waals surface area contributed by atoms with Gasteiger partial charge >= 0.3 is 0 Å². The SMILES string of the molecule is CNc1nc(-n2nc(C)c(C)c2C)c2ccsc2n1. The highest BCUT2D eigenvalue weighted by Crippen LogP contribution is 2.27. The normalized spacial score (nSPS) is 11.2. The topological polar surface area (TPSA) is 55.6 Å². The fraction of sp³-hybridized carbons (Fsp3) is 0.308. The molecule has 0 spiro atoms. The van der Waals surface area contributed by atoms with Gasteiger partial charge in [0.2, 0.25) is 5.95 Å². The Morgan fingerprint density at radius 2 is 2.00 bits per heavy atom. The zero-order chi connectivity index (χ0) is 13.6. The first-order chi connectivity index (χ1) is 9.11. The maximum Gasteiger partial charge on any atom is 0.225 e. The van der Waals surface area contributed by atoms with Crippen LogP contribution in [0.15, 0.2) is 11.4 Å². The number of fused-ring (bicyclic) bond motifs is 1. The van der Waals surface area contributed by atoms with Crippen molar-refractivity contribution in [3.8, 4) is 5.82 Å². The molecule has 0 unspecified atom stereocenters. The van der Waals surface area contributed by atoms with Gasteiger partial charge in [0.15, 0.2) is 5.82 Å². The van der Waals surface area contributed by atoms with E-state index in [-0.39, 0.29) is 0 Å². The molecule has 1 N–H and O–H groups in total. The van der Waals surface area contributed by atoms with Gasteiger partial charge in [-0.25, -0.2) is 9.67 Å². The summed E-state index contributed by atoms with van der Waals surface area (Å²) in [5, 5.41) is 10.7. The zero-order valence-corrected chi connectivity index (χ0v) is 12.2. The lowest BCUT2D eigenvalue weighted by Crippen LogP contribution is -2.06. The second-order valence-corrected chi connectivity index (χ2v) is 5.36. The van der Waals surface area contributed by atoms with Crippen molar-refractivity contribution in [2.75, 3.05) is 12.4 Å². The summed E-state index contributed by atoms with van der Waals surface area (Å²) >= 11 is 1.61. The Morgan fingerprint density at radius 3 is 2.63 bits per heavy atom. The lowest BCUT2D eigenvalue weighted by atomic mass is 10.2. The van der Waals surface area contributed by atoms with E-state index in [0.29, 0.717) is 5.95 Å². The van der Waals surface area contributed by atoms with Crippen molar-refractivity contribution >= 4 is 27.5 Å². The number of nitrogens with one attached hydrogen (secondary N) is 1. The number of aryl methyl sites for hydroxylation is 1. The number of aromatic nitrogens is 4. The summed E-state index contributed by atoms with van der Waals surface area (Å²) in [6, 6.07) is 2.04. The third-order valence-electron chi connectivity index (χ3n) is 3.38. The lowest BCUT2D eigenvalue weighted by Gasteiger charge is -2.07. The Labute approximate surface area is 115 Å². The monoisotopic (exact) mass is 273 g/mol. The quantitative estimate of drug-likeness (QED) is 0.780. The molecule has 6 heteroatoms. The number of nitrogens with zero attached hydrogens (tertiary/aromatic N) is 4. The number of hydrogen-bond acceptors (Lipinski definition) is 5. The molecule has 0 aliphatic heterocycles. The zero-order valence-electron chi connectivity index (χ0n) is 11.4. The summed E-state index contributed by atoms with van der Waals surface area (Å²) < 4.78 is 1.90. The molecule has 5 nitrogen and oxygen atoms in total. The van der Waals surface area contributed by atoms with Gasteiger partial charge in [0.1, 0.15) is 4.83 Å². The van der Waals surface area contributed by atoms with Crippen molar-refractivity contribution in [1.82, 2.24) is 19.7 Å². The minimum Gasteiger partial charge on any atom is -0.357 e. The maximum absolute atomic E-state index is 4.59. The molecule has 98 valence electrons. The highest BCUT2D eigenvalue weighted by Gasteiger charge is 2.15. The highest BCUT2D eigenvalue weighted by atomic mass is 32.1. The molecule has 0 aliphatic carbocycles. The predicted octanol–water partition coefficient (Wildman–Crippen LogP) is 2.84. The molecule has 0 amide bonds. The summed E-state index contributed by atoms with van der Waals surface area (Å²) in [6.45, 7) is 6.16. The van der Waals surface area contributed by atoms with Gasteiger partial charge in [0.25, 0.3) is 0 Å². The minimum atomic E-state index is 0.621. The van der Waals surface area contributed by atoms with Crippen molar-refractivity contribution in [2.24, 2.45) is 0 Å². The molecular weight excluding hydrogens is 258 g/mol. The van der Waals surface area contributed by atoms with E-state index in [1.54, 1.807) is 11.3 Å². The smallest absolute Gasteiger partial charge is 0.225 e.